The van der Waals surface area contributed by atoms with Gasteiger partial charge in [-0.05, 0) is 53.9 Å². The first-order valence-corrected chi connectivity index (χ1v) is 15.5. The van der Waals surface area contributed by atoms with Crippen LogP contribution in [0, 0.1) is 0 Å². The summed E-state index contributed by atoms with van der Waals surface area (Å²) >= 11 is 0.157. The number of rotatable bonds is 11. The summed E-state index contributed by atoms with van der Waals surface area (Å²) in [5, 5.41) is 66.7. The molecule has 4 aromatic carbocycles. The fourth-order valence-electron chi connectivity index (χ4n) is 3.91. The minimum Gasteiger partial charge on any atom is -0.505 e. The molecule has 4 rings (SSSR count). The monoisotopic (exact) mass is 711 g/mol. The summed E-state index contributed by atoms with van der Waals surface area (Å²) in [4.78, 5) is 20.7. The molecule has 0 unspecified atom stereocenters. The number of nitrogens with zero attached hydrogens (tertiary/aromatic N) is 4. The topological polar surface area (TPSA) is 338 Å². The van der Waals surface area contributed by atoms with Crippen molar-refractivity contribution in [1.82, 2.24) is 0 Å². The predicted molar refractivity (Wildman–Crippen MR) is 157 cm³/mol. The Morgan fingerprint density at radius 2 is 1.32 bits per heavy atom. The lowest BCUT2D eigenvalue weighted by Gasteiger charge is -2.13. The molecule has 47 heavy (non-hydrogen) atoms. The van der Waals surface area contributed by atoms with Gasteiger partial charge in [0.2, 0.25) is 0 Å². The Morgan fingerprint density at radius 1 is 0.745 bits per heavy atom. The van der Waals surface area contributed by atoms with Crippen LogP contribution in [0.5, 0.6) is 11.5 Å². The maximum Gasteiger partial charge on any atom is 0.335 e. The smallest absolute Gasteiger partial charge is 0.335 e. The van der Waals surface area contributed by atoms with Gasteiger partial charge in [-0.15, -0.1) is 19.7 Å². The van der Waals surface area contributed by atoms with Crippen LogP contribution in [0.25, 0.3) is 10.8 Å². The molecule has 0 fully saturated rings. The first kappa shape index (κ1) is 34.6. The zero-order valence-corrected chi connectivity index (χ0v) is 25.1. The highest BCUT2D eigenvalue weighted by Crippen LogP contribution is 2.51. The molecule has 0 saturated carbocycles. The number of anilines is 1. The molecule has 0 aromatic heterocycles. The summed E-state index contributed by atoms with van der Waals surface area (Å²) in [6.45, 7) is 0. The van der Waals surface area contributed by atoms with Gasteiger partial charge in [-0.3, -0.25) is 9.11 Å². The highest BCUT2D eigenvalue weighted by Gasteiger charge is 2.27. The Labute approximate surface area is 265 Å². The molecule has 4 aromatic rings. The lowest BCUT2D eigenvalue weighted by Crippen LogP contribution is -2.01. The average Bonchev–Trinajstić information content (AvgIpc) is 2.98. The lowest BCUT2D eigenvalue weighted by atomic mass is 10.1. The number of nitrogen functional groups attached to an aromatic ring is 1. The van der Waals surface area contributed by atoms with E-state index < -0.39 is 92.7 Å². The second kappa shape index (κ2) is 13.2. The van der Waals surface area contributed by atoms with E-state index in [9.17, 15) is 56.0 Å². The molecule has 0 aliphatic carbocycles. The molecule has 0 aliphatic rings. The number of nitrogens with two attached hydrogens (primary N) is 1. The first-order chi connectivity index (χ1) is 21.9. The molecule has 20 nitrogen and oxygen atoms in total. The third-order valence-electron chi connectivity index (χ3n) is 5.88. The molecule has 0 heterocycles. The molecule has 9 N–H and O–H groups in total. The molecule has 246 valence electrons. The van der Waals surface area contributed by atoms with Crippen LogP contribution in [0.4, 0.5) is 28.4 Å². The maximum atomic E-state index is 12.3. The molecule has 0 saturated heterocycles. The number of hydrogen-bond donors (Lipinski definition) is 8. The van der Waals surface area contributed by atoms with E-state index in [0.717, 1.165) is 36.4 Å². The van der Waals surface area contributed by atoms with Gasteiger partial charge in [-0.25, -0.2) is 14.8 Å². The molecular weight excluding hydrogens is 694 g/mol. The van der Waals surface area contributed by atoms with E-state index in [0.29, 0.717) is 6.07 Å². The third kappa shape index (κ3) is 7.59. The standard InChI is InChI=1S/C24H17N5O15S3/c25-12-1-2-14(16(8-12)46(37,38)39)27-28-19-15(45-44-43-36)6-9-7-17(47(40,41)42)20(22(31)18(9)21(19)30)29-26-13-4-10(23(32)33)3-11(5-13)24(34)35/h1-8,30-31,36H,25H2,(H,32,33)(H,34,35)(H,37,38,39)(H,40,41,42). The number of phenolic OH excluding ortho intramolecular Hbond substituents is 2. The first-order valence-electron chi connectivity index (χ1n) is 11.9. The molecule has 0 radical (unpaired) electrons. The van der Waals surface area contributed by atoms with Crippen LogP contribution in [-0.2, 0) is 29.6 Å². The number of fused-ring (bicyclic) bond motifs is 1. The molecule has 0 bridgehead atoms. The lowest BCUT2D eigenvalue weighted by molar-refractivity contribution is -0.432. The van der Waals surface area contributed by atoms with Crippen molar-refractivity contribution in [3.63, 3.8) is 0 Å². The van der Waals surface area contributed by atoms with Gasteiger partial charge in [-0.1, -0.05) is 5.04 Å². The van der Waals surface area contributed by atoms with Crippen LogP contribution in [0.2, 0.25) is 0 Å². The number of aromatic hydroxyl groups is 2. The van der Waals surface area contributed by atoms with Crippen LogP contribution < -0.4 is 5.73 Å². The minimum absolute atomic E-state index is 0.0787. The van der Waals surface area contributed by atoms with E-state index in [-0.39, 0.29) is 28.0 Å². The van der Waals surface area contributed by atoms with E-state index in [1.54, 1.807) is 0 Å². The summed E-state index contributed by atoms with van der Waals surface area (Å²) < 4.78 is 72.0. The van der Waals surface area contributed by atoms with Crippen molar-refractivity contribution < 1.29 is 70.6 Å². The van der Waals surface area contributed by atoms with Gasteiger partial charge in [-0.2, -0.15) is 21.9 Å². The van der Waals surface area contributed by atoms with Crippen LogP contribution in [-0.4, -0.2) is 63.6 Å². The third-order valence-corrected chi connectivity index (χ3v) is 8.25. The van der Waals surface area contributed by atoms with Gasteiger partial charge in [0.15, 0.2) is 11.5 Å². The predicted octanol–water partition coefficient (Wildman–Crippen LogP) is 4.98. The number of aromatic carboxylic acids is 2. The van der Waals surface area contributed by atoms with Crippen molar-refractivity contribution in [3.8, 4) is 11.5 Å². The van der Waals surface area contributed by atoms with E-state index in [4.69, 9.17) is 11.0 Å². The quantitative estimate of drug-likeness (QED) is 0.0254. The SMILES string of the molecule is Nc1ccc(N=Nc2c(SOOO)cc3cc(S(=O)(=O)O)c(N=Nc4cc(C(=O)O)cc(C(=O)O)c4)c(O)c3c2O)c(S(=O)(=O)O)c1. The van der Waals surface area contributed by atoms with Gasteiger partial charge in [0, 0.05) is 5.69 Å². The van der Waals surface area contributed by atoms with E-state index in [2.05, 4.69) is 29.8 Å². The largest absolute Gasteiger partial charge is 0.505 e. The van der Waals surface area contributed by atoms with Crippen LogP contribution in [0.3, 0.4) is 0 Å². The van der Waals surface area contributed by atoms with Crippen molar-refractivity contribution in [2.45, 2.75) is 14.7 Å². The molecule has 23 heteroatoms. The van der Waals surface area contributed by atoms with Gasteiger partial charge in [0.1, 0.15) is 26.9 Å². The Balaban J connectivity index is 2.00. The summed E-state index contributed by atoms with van der Waals surface area (Å²) in [5.74, 6) is -5.26. The molecule has 0 atom stereocenters. The fraction of sp³-hybridized carbons (Fsp3) is 0. The van der Waals surface area contributed by atoms with Crippen molar-refractivity contribution in [2.75, 3.05) is 5.73 Å². The van der Waals surface area contributed by atoms with E-state index in [1.165, 1.54) is 6.07 Å². The molecular formula is C24H17N5O15S3. The highest BCUT2D eigenvalue weighted by atomic mass is 32.2. The number of azo groups is 2. The normalized spacial score (nSPS) is 12.3. The van der Waals surface area contributed by atoms with Crippen molar-refractivity contribution in [3.05, 3.63) is 59.7 Å². The number of phenols is 2. The second-order valence-electron chi connectivity index (χ2n) is 8.92. The van der Waals surface area contributed by atoms with Gasteiger partial charge >= 0.3 is 11.9 Å². The van der Waals surface area contributed by atoms with Crippen LogP contribution in [0.1, 0.15) is 20.7 Å². The van der Waals surface area contributed by atoms with Crippen LogP contribution in [0.15, 0.2) is 83.7 Å². The summed E-state index contributed by atoms with van der Waals surface area (Å²) in [5.41, 5.74) is 1.85. The average molecular weight is 712 g/mol. The number of carboxylic acid groups (broad SMARTS) is 2. The summed E-state index contributed by atoms with van der Waals surface area (Å²) in [7, 11) is -10.1. The summed E-state index contributed by atoms with van der Waals surface area (Å²) in [6, 6.07) is 7.33. The molecule has 0 aliphatic heterocycles. The van der Waals surface area contributed by atoms with Crippen LogP contribution >= 0.6 is 12.0 Å². The maximum absolute atomic E-state index is 12.3. The zero-order valence-electron chi connectivity index (χ0n) is 22.6. The Hall–Kier alpha value is -5.27. The Bertz CT molecular complexity index is 2210. The Morgan fingerprint density at radius 3 is 1.87 bits per heavy atom. The fourth-order valence-corrected chi connectivity index (χ4v) is 5.72. The number of carboxylic acids is 2. The van der Waals surface area contributed by atoms with E-state index in [1.807, 2.05) is 0 Å². The molecule has 0 spiro atoms. The number of carbonyl (C=O) groups is 2. The number of hydrogen-bond acceptors (Lipinski definition) is 17. The number of benzene rings is 4. The second-order valence-corrected chi connectivity index (χ2v) is 12.4. The van der Waals surface area contributed by atoms with Gasteiger partial charge in [0.05, 0.1) is 39.1 Å². The summed E-state index contributed by atoms with van der Waals surface area (Å²) in [6.07, 6.45) is 0. The highest BCUT2D eigenvalue weighted by molar-refractivity contribution is 7.94. The minimum atomic E-state index is -5.24. The van der Waals surface area contributed by atoms with Gasteiger partial charge in [0.25, 0.3) is 20.2 Å². The van der Waals surface area contributed by atoms with Crippen molar-refractivity contribution in [2.24, 2.45) is 20.5 Å². The van der Waals surface area contributed by atoms with Crippen molar-refractivity contribution in [1.29, 1.82) is 0 Å². The zero-order chi connectivity index (χ0) is 34.8. The van der Waals surface area contributed by atoms with E-state index >= 15 is 0 Å². The molecule has 0 amide bonds. The van der Waals surface area contributed by atoms with Crippen molar-refractivity contribution >= 4 is 83.4 Å². The Kier molecular flexibility index (Phi) is 9.73. The van der Waals surface area contributed by atoms with Gasteiger partial charge < -0.3 is 26.2 Å².